The van der Waals surface area contributed by atoms with Gasteiger partial charge in [-0.05, 0) is 68.4 Å². The van der Waals surface area contributed by atoms with Crippen LogP contribution in [-0.4, -0.2) is 65.4 Å². The van der Waals surface area contributed by atoms with Gasteiger partial charge in [-0.3, -0.25) is 4.79 Å². The number of anilines is 1. The Hall–Kier alpha value is -4.66. The van der Waals surface area contributed by atoms with Crippen LogP contribution in [0, 0.1) is 5.82 Å². The predicted molar refractivity (Wildman–Crippen MR) is 150 cm³/mol. The summed E-state index contributed by atoms with van der Waals surface area (Å²) in [7, 11) is 0. The van der Waals surface area contributed by atoms with E-state index in [0.29, 0.717) is 43.3 Å². The quantitative estimate of drug-likeness (QED) is 0.293. The van der Waals surface area contributed by atoms with Gasteiger partial charge in [0.15, 0.2) is 11.8 Å². The van der Waals surface area contributed by atoms with Crippen LogP contribution >= 0.6 is 0 Å². The minimum Gasteiger partial charge on any atom is -0.481 e. The maximum absolute atomic E-state index is 13.5. The molecule has 0 bridgehead atoms. The van der Waals surface area contributed by atoms with E-state index in [-0.39, 0.29) is 24.0 Å². The van der Waals surface area contributed by atoms with Gasteiger partial charge < -0.3 is 19.3 Å². The molecule has 1 fully saturated rings. The van der Waals surface area contributed by atoms with Gasteiger partial charge in [-0.2, -0.15) is 5.10 Å². The van der Waals surface area contributed by atoms with E-state index in [0.717, 1.165) is 11.3 Å². The first-order valence-electron chi connectivity index (χ1n) is 13.3. The third-order valence-corrected chi connectivity index (χ3v) is 6.79. The molecule has 1 saturated heterocycles. The van der Waals surface area contributed by atoms with Gasteiger partial charge >= 0.3 is 5.97 Å². The molecule has 0 saturated carbocycles. The maximum atomic E-state index is 13.5. The second-order valence-corrected chi connectivity index (χ2v) is 9.46. The first kappa shape index (κ1) is 26.9. The molecule has 1 amide bonds. The highest BCUT2D eigenvalue weighted by molar-refractivity contribution is 5.89. The Morgan fingerprint density at radius 2 is 1.55 bits per heavy atom. The van der Waals surface area contributed by atoms with Crippen LogP contribution in [0.4, 0.5) is 10.1 Å². The number of hydrogen-bond acceptors (Lipinski definition) is 6. The van der Waals surface area contributed by atoms with Crippen LogP contribution in [0.5, 0.6) is 5.75 Å². The number of esters is 1. The highest BCUT2D eigenvalue weighted by atomic mass is 19.1. The normalized spacial score (nSPS) is 14.1. The van der Waals surface area contributed by atoms with E-state index in [4.69, 9.17) is 9.47 Å². The standard InChI is InChI=1S/C31H31FN4O4/c1-3-39-31(38)28-21-29(36(33-28)26-15-11-24(32)12-16-26)23-9-13-25(14-10-23)34-17-19-35(20-18-34)30(37)22(2)40-27-7-5-4-6-8-27/h4-16,21-22H,3,17-20H2,1-2H3/t22-/m0/s1. The predicted octanol–water partition coefficient (Wildman–Crippen LogP) is 4.97. The Labute approximate surface area is 232 Å². The van der Waals surface area contributed by atoms with Crippen molar-refractivity contribution in [3.8, 4) is 22.7 Å². The fourth-order valence-electron chi connectivity index (χ4n) is 4.71. The number of carbonyl (C=O) groups is 2. The minimum atomic E-state index is -0.557. The zero-order chi connectivity index (χ0) is 28.1. The third kappa shape index (κ3) is 5.98. The molecule has 1 aliphatic heterocycles. The summed E-state index contributed by atoms with van der Waals surface area (Å²) in [5.74, 6) is -0.216. The first-order chi connectivity index (χ1) is 19.4. The number of halogens is 1. The van der Waals surface area contributed by atoms with E-state index in [1.54, 1.807) is 36.7 Å². The van der Waals surface area contributed by atoms with E-state index in [1.165, 1.54) is 12.1 Å². The molecule has 1 aromatic heterocycles. The van der Waals surface area contributed by atoms with Crippen LogP contribution in [0.2, 0.25) is 0 Å². The summed E-state index contributed by atoms with van der Waals surface area (Å²) in [5, 5.41) is 4.44. The number of rotatable bonds is 8. The van der Waals surface area contributed by atoms with Crippen LogP contribution in [0.15, 0.2) is 84.9 Å². The van der Waals surface area contributed by atoms with Gasteiger partial charge in [0.2, 0.25) is 0 Å². The summed E-state index contributed by atoms with van der Waals surface area (Å²) in [6.45, 7) is 6.36. The van der Waals surface area contributed by atoms with Crippen molar-refractivity contribution in [3.05, 3.63) is 96.4 Å². The average molecular weight is 543 g/mol. The van der Waals surface area contributed by atoms with Gasteiger partial charge in [-0.25, -0.2) is 13.9 Å². The molecular weight excluding hydrogens is 511 g/mol. The molecule has 206 valence electrons. The molecule has 3 aromatic carbocycles. The molecule has 0 unspecified atom stereocenters. The molecule has 5 rings (SSSR count). The third-order valence-electron chi connectivity index (χ3n) is 6.79. The number of hydrogen-bond donors (Lipinski definition) is 0. The first-order valence-corrected chi connectivity index (χ1v) is 13.3. The summed E-state index contributed by atoms with van der Waals surface area (Å²) >= 11 is 0. The van der Waals surface area contributed by atoms with Crippen LogP contribution in [-0.2, 0) is 9.53 Å². The van der Waals surface area contributed by atoms with Crippen molar-refractivity contribution >= 4 is 17.6 Å². The van der Waals surface area contributed by atoms with Crippen LogP contribution < -0.4 is 9.64 Å². The lowest BCUT2D eigenvalue weighted by Gasteiger charge is -2.37. The second kappa shape index (κ2) is 12.0. The van der Waals surface area contributed by atoms with E-state index >= 15 is 0 Å². The van der Waals surface area contributed by atoms with Gasteiger partial charge in [0, 0.05) is 37.4 Å². The Bertz CT molecular complexity index is 1450. The van der Waals surface area contributed by atoms with E-state index in [2.05, 4.69) is 10.00 Å². The number of amides is 1. The van der Waals surface area contributed by atoms with E-state index in [1.807, 2.05) is 59.5 Å². The average Bonchev–Trinajstić information content (AvgIpc) is 3.44. The number of benzene rings is 3. The SMILES string of the molecule is CCOC(=O)c1cc(-c2ccc(N3CCN(C(=O)[C@H](C)Oc4ccccc4)CC3)cc2)n(-c2ccc(F)cc2)n1. The van der Waals surface area contributed by atoms with Gasteiger partial charge in [-0.1, -0.05) is 30.3 Å². The molecule has 0 radical (unpaired) electrons. The Morgan fingerprint density at radius 3 is 2.20 bits per heavy atom. The Kier molecular flexibility index (Phi) is 8.10. The number of para-hydroxylation sites is 1. The number of piperazine rings is 1. The zero-order valence-electron chi connectivity index (χ0n) is 22.5. The van der Waals surface area contributed by atoms with Crippen molar-refractivity contribution in [1.29, 1.82) is 0 Å². The lowest BCUT2D eigenvalue weighted by atomic mass is 10.1. The van der Waals surface area contributed by atoms with Crippen molar-refractivity contribution < 1.29 is 23.5 Å². The number of ether oxygens (including phenoxy) is 2. The van der Waals surface area contributed by atoms with Crippen molar-refractivity contribution in [3.63, 3.8) is 0 Å². The van der Waals surface area contributed by atoms with Gasteiger partial charge in [0.25, 0.3) is 5.91 Å². The lowest BCUT2D eigenvalue weighted by Crippen LogP contribution is -2.52. The molecule has 40 heavy (non-hydrogen) atoms. The molecule has 9 heteroatoms. The summed E-state index contributed by atoms with van der Waals surface area (Å²) in [6.07, 6.45) is -0.557. The molecular formula is C31H31FN4O4. The summed E-state index contributed by atoms with van der Waals surface area (Å²) in [6, 6.07) is 24.9. The molecule has 1 aliphatic rings. The van der Waals surface area contributed by atoms with Crippen molar-refractivity contribution in [1.82, 2.24) is 14.7 Å². The largest absolute Gasteiger partial charge is 0.481 e. The molecule has 0 N–H and O–H groups in total. The smallest absolute Gasteiger partial charge is 0.358 e. The Balaban J connectivity index is 1.27. The number of carbonyl (C=O) groups excluding carboxylic acids is 2. The van der Waals surface area contributed by atoms with Gasteiger partial charge in [0.05, 0.1) is 18.0 Å². The molecule has 1 atom stereocenters. The highest BCUT2D eigenvalue weighted by Gasteiger charge is 2.26. The number of nitrogens with zero attached hydrogens (tertiary/aromatic N) is 4. The molecule has 8 nitrogen and oxygen atoms in total. The highest BCUT2D eigenvalue weighted by Crippen LogP contribution is 2.28. The molecule has 0 spiro atoms. The molecule has 4 aromatic rings. The summed E-state index contributed by atoms with van der Waals surface area (Å²) in [4.78, 5) is 29.4. The van der Waals surface area contributed by atoms with Crippen LogP contribution in [0.25, 0.3) is 16.9 Å². The Morgan fingerprint density at radius 1 is 0.900 bits per heavy atom. The van der Waals surface area contributed by atoms with Gasteiger partial charge in [-0.15, -0.1) is 0 Å². The van der Waals surface area contributed by atoms with Crippen LogP contribution in [0.1, 0.15) is 24.3 Å². The topological polar surface area (TPSA) is 76.9 Å². The second-order valence-electron chi connectivity index (χ2n) is 9.46. The van der Waals surface area contributed by atoms with E-state index in [9.17, 15) is 14.0 Å². The van der Waals surface area contributed by atoms with Gasteiger partial charge in [0.1, 0.15) is 11.6 Å². The van der Waals surface area contributed by atoms with Crippen molar-refractivity contribution in [2.75, 3.05) is 37.7 Å². The molecule has 0 aliphatic carbocycles. The van der Waals surface area contributed by atoms with Crippen molar-refractivity contribution in [2.24, 2.45) is 0 Å². The van der Waals surface area contributed by atoms with Crippen LogP contribution in [0.3, 0.4) is 0 Å². The molecule has 2 heterocycles. The fourth-order valence-corrected chi connectivity index (χ4v) is 4.71. The zero-order valence-corrected chi connectivity index (χ0v) is 22.5. The summed E-state index contributed by atoms with van der Waals surface area (Å²) < 4.78 is 26.1. The fraction of sp³-hybridized carbons (Fsp3) is 0.258. The monoisotopic (exact) mass is 542 g/mol. The van der Waals surface area contributed by atoms with Crippen molar-refractivity contribution in [2.45, 2.75) is 20.0 Å². The lowest BCUT2D eigenvalue weighted by molar-refractivity contribution is -0.138. The van der Waals surface area contributed by atoms with E-state index < -0.39 is 12.1 Å². The minimum absolute atomic E-state index is 0.0229. The number of aromatic nitrogens is 2. The summed E-state index contributed by atoms with van der Waals surface area (Å²) in [5.41, 5.74) is 3.36. The maximum Gasteiger partial charge on any atom is 0.358 e.